The van der Waals surface area contributed by atoms with Crippen LogP contribution in [-0.2, 0) is 16.6 Å². The monoisotopic (exact) mass is 395 g/mol. The van der Waals surface area contributed by atoms with Crippen LogP contribution in [-0.4, -0.2) is 46.0 Å². The molecule has 0 bridgehead atoms. The fourth-order valence-electron chi connectivity index (χ4n) is 2.05. The molecule has 0 radical (unpaired) electrons. The topological polar surface area (TPSA) is 61.4 Å². The lowest BCUT2D eigenvalue weighted by Crippen LogP contribution is -2.33. The van der Waals surface area contributed by atoms with Crippen LogP contribution >= 0.6 is 27.3 Å². The third kappa shape index (κ3) is 5.01. The highest BCUT2D eigenvalue weighted by Crippen LogP contribution is 2.31. The molecule has 0 saturated heterocycles. The van der Waals surface area contributed by atoms with Crippen molar-refractivity contribution in [2.75, 3.05) is 26.7 Å². The van der Waals surface area contributed by atoms with E-state index >= 15 is 0 Å². The Morgan fingerprint density at radius 2 is 2.19 bits per heavy atom. The van der Waals surface area contributed by atoms with E-state index in [0.29, 0.717) is 27.8 Å². The van der Waals surface area contributed by atoms with E-state index in [4.69, 9.17) is 0 Å². The Labute approximate surface area is 139 Å². The summed E-state index contributed by atoms with van der Waals surface area (Å²) in [6.07, 6.45) is 2.46. The van der Waals surface area contributed by atoms with Gasteiger partial charge in [0.15, 0.2) is 0 Å². The predicted octanol–water partition coefficient (Wildman–Crippen LogP) is 1.99. The van der Waals surface area contributed by atoms with Crippen molar-refractivity contribution < 1.29 is 8.42 Å². The first kappa shape index (κ1) is 17.4. The molecule has 1 saturated carbocycles. The van der Waals surface area contributed by atoms with Crippen LogP contribution in [0.15, 0.2) is 14.7 Å². The molecule has 8 heteroatoms. The van der Waals surface area contributed by atoms with Crippen LogP contribution in [0.25, 0.3) is 0 Å². The van der Waals surface area contributed by atoms with E-state index in [1.54, 1.807) is 6.07 Å². The maximum Gasteiger partial charge on any atom is 0.242 e. The van der Waals surface area contributed by atoms with Crippen LogP contribution in [0.1, 0.15) is 24.6 Å². The molecule has 0 unspecified atom stereocenters. The number of halogens is 1. The second-order valence-corrected chi connectivity index (χ2v) is 9.43. The van der Waals surface area contributed by atoms with Crippen LogP contribution in [0.3, 0.4) is 0 Å². The first-order valence-electron chi connectivity index (χ1n) is 7.13. The molecule has 2 rings (SSSR count). The van der Waals surface area contributed by atoms with Gasteiger partial charge in [0, 0.05) is 30.6 Å². The van der Waals surface area contributed by atoms with Gasteiger partial charge in [-0.3, -0.25) is 0 Å². The van der Waals surface area contributed by atoms with E-state index in [-0.39, 0.29) is 0 Å². The van der Waals surface area contributed by atoms with Gasteiger partial charge < -0.3 is 10.2 Å². The fraction of sp³-hybridized carbons (Fsp3) is 0.692. The van der Waals surface area contributed by atoms with Gasteiger partial charge >= 0.3 is 0 Å². The molecule has 2 N–H and O–H groups in total. The van der Waals surface area contributed by atoms with E-state index in [1.807, 2.05) is 14.0 Å². The first-order chi connectivity index (χ1) is 9.94. The average molecular weight is 396 g/mol. The highest BCUT2D eigenvalue weighted by molar-refractivity contribution is 9.11. The quantitative estimate of drug-likeness (QED) is 0.670. The summed E-state index contributed by atoms with van der Waals surface area (Å²) in [5.74, 6) is 0. The van der Waals surface area contributed by atoms with E-state index in [1.165, 1.54) is 24.2 Å². The molecule has 1 heterocycles. The second-order valence-electron chi connectivity index (χ2n) is 5.24. The summed E-state index contributed by atoms with van der Waals surface area (Å²) in [7, 11) is -1.39. The van der Waals surface area contributed by atoms with Crippen molar-refractivity contribution in [2.24, 2.45) is 0 Å². The summed E-state index contributed by atoms with van der Waals surface area (Å²) >= 11 is 4.82. The molecule has 0 amide bonds. The zero-order chi connectivity index (χ0) is 15.5. The summed E-state index contributed by atoms with van der Waals surface area (Å²) in [6, 6.07) is 2.39. The number of likely N-dealkylation sites (N-methyl/N-ethyl adjacent to an activating group) is 1. The number of hydrogen-bond donors (Lipinski definition) is 2. The molecule has 1 aliphatic rings. The largest absolute Gasteiger partial charge is 0.312 e. The predicted molar refractivity (Wildman–Crippen MR) is 90.2 cm³/mol. The Hall–Kier alpha value is 0.01000. The van der Waals surface area contributed by atoms with Gasteiger partial charge in [-0.15, -0.1) is 11.3 Å². The van der Waals surface area contributed by atoms with E-state index < -0.39 is 10.0 Å². The minimum Gasteiger partial charge on any atom is -0.312 e. The average Bonchev–Trinajstić information content (AvgIpc) is 3.20. The lowest BCUT2D eigenvalue weighted by Gasteiger charge is -2.15. The molecule has 1 aromatic rings. The van der Waals surface area contributed by atoms with Gasteiger partial charge in [-0.2, -0.15) is 0 Å². The highest BCUT2D eigenvalue weighted by atomic mass is 79.9. The molecule has 1 aromatic heterocycles. The Kier molecular flexibility index (Phi) is 6.22. The zero-order valence-corrected chi connectivity index (χ0v) is 15.6. The van der Waals surface area contributed by atoms with Gasteiger partial charge in [-0.25, -0.2) is 13.1 Å². The molecular weight excluding hydrogens is 374 g/mol. The van der Waals surface area contributed by atoms with Crippen LogP contribution in [0.2, 0.25) is 0 Å². The van der Waals surface area contributed by atoms with Crippen molar-refractivity contribution in [1.29, 1.82) is 0 Å². The van der Waals surface area contributed by atoms with Crippen molar-refractivity contribution >= 4 is 37.3 Å². The molecule has 21 heavy (non-hydrogen) atoms. The van der Waals surface area contributed by atoms with Crippen LogP contribution in [0, 0.1) is 0 Å². The molecule has 0 aromatic carbocycles. The van der Waals surface area contributed by atoms with Crippen molar-refractivity contribution in [2.45, 2.75) is 37.2 Å². The molecule has 0 atom stereocenters. The SMILES string of the molecule is CCNCc1cc(S(=O)(=O)NCCN(C)C2CC2)c(Br)s1. The smallest absolute Gasteiger partial charge is 0.242 e. The van der Waals surface area contributed by atoms with Crippen LogP contribution in [0.4, 0.5) is 0 Å². The van der Waals surface area contributed by atoms with E-state index in [9.17, 15) is 8.42 Å². The lowest BCUT2D eigenvalue weighted by molar-refractivity contribution is 0.329. The zero-order valence-electron chi connectivity index (χ0n) is 12.4. The molecular formula is C13H22BrN3O2S2. The van der Waals surface area contributed by atoms with Crippen LogP contribution < -0.4 is 10.0 Å². The third-order valence-corrected chi connectivity index (χ3v) is 7.19. The van der Waals surface area contributed by atoms with Crippen molar-refractivity contribution in [3.8, 4) is 0 Å². The van der Waals surface area contributed by atoms with Gasteiger partial charge in [0.25, 0.3) is 0 Å². The summed E-state index contributed by atoms with van der Waals surface area (Å²) in [5, 5.41) is 3.20. The minimum absolute atomic E-state index is 0.342. The number of hydrogen-bond acceptors (Lipinski definition) is 5. The molecule has 1 aliphatic carbocycles. The Morgan fingerprint density at radius 1 is 1.48 bits per heavy atom. The molecule has 0 spiro atoms. The van der Waals surface area contributed by atoms with Crippen molar-refractivity contribution in [3.05, 3.63) is 14.7 Å². The van der Waals surface area contributed by atoms with Crippen molar-refractivity contribution in [3.63, 3.8) is 0 Å². The Balaban J connectivity index is 1.92. The van der Waals surface area contributed by atoms with Gasteiger partial charge in [-0.05, 0) is 48.4 Å². The normalized spacial score (nSPS) is 15.8. The first-order valence-corrected chi connectivity index (χ1v) is 10.2. The third-order valence-electron chi connectivity index (χ3n) is 3.47. The number of nitrogens with one attached hydrogen (secondary N) is 2. The highest BCUT2D eigenvalue weighted by Gasteiger charge is 2.26. The minimum atomic E-state index is -3.44. The van der Waals surface area contributed by atoms with Crippen LogP contribution in [0.5, 0.6) is 0 Å². The maximum atomic E-state index is 12.3. The maximum absolute atomic E-state index is 12.3. The lowest BCUT2D eigenvalue weighted by atomic mass is 10.4. The van der Waals surface area contributed by atoms with Gasteiger partial charge in [0.05, 0.1) is 3.79 Å². The second kappa shape index (κ2) is 7.52. The van der Waals surface area contributed by atoms with Gasteiger partial charge in [0.2, 0.25) is 10.0 Å². The number of sulfonamides is 1. The summed E-state index contributed by atoms with van der Waals surface area (Å²) in [6.45, 7) is 4.78. The van der Waals surface area contributed by atoms with E-state index in [0.717, 1.165) is 18.0 Å². The van der Waals surface area contributed by atoms with Gasteiger partial charge in [0.1, 0.15) is 4.90 Å². The molecule has 5 nitrogen and oxygen atoms in total. The number of nitrogens with zero attached hydrogens (tertiary/aromatic N) is 1. The van der Waals surface area contributed by atoms with Gasteiger partial charge in [-0.1, -0.05) is 6.92 Å². The van der Waals surface area contributed by atoms with Crippen molar-refractivity contribution in [1.82, 2.24) is 14.9 Å². The molecule has 1 fully saturated rings. The fourth-order valence-corrected chi connectivity index (χ4v) is 5.72. The molecule has 120 valence electrons. The Morgan fingerprint density at radius 3 is 2.81 bits per heavy atom. The summed E-state index contributed by atoms with van der Waals surface area (Å²) in [4.78, 5) is 3.57. The number of rotatable bonds is 9. The Bertz CT molecular complexity index is 570. The standard InChI is InChI=1S/C13H22BrN3O2S2/c1-3-15-9-11-8-12(13(14)20-11)21(18,19)16-6-7-17(2)10-4-5-10/h8,10,15-16H,3-7,9H2,1-2H3. The molecule has 0 aliphatic heterocycles. The van der Waals surface area contributed by atoms with E-state index in [2.05, 4.69) is 30.9 Å². The number of thiophene rings is 1. The summed E-state index contributed by atoms with van der Waals surface area (Å²) in [5.41, 5.74) is 0. The summed E-state index contributed by atoms with van der Waals surface area (Å²) < 4.78 is 28.0.